The van der Waals surface area contributed by atoms with Gasteiger partial charge in [0.2, 0.25) is 0 Å². The highest BCUT2D eigenvalue weighted by Gasteiger charge is 2.62. The molecule has 2 heteroatoms. The Bertz CT molecular complexity index is 210. The number of fused-ring (bicyclic) bond motifs is 1. The zero-order chi connectivity index (χ0) is 9.60. The summed E-state index contributed by atoms with van der Waals surface area (Å²) in [6, 6.07) is 0. The van der Waals surface area contributed by atoms with Crippen LogP contribution in [0, 0.1) is 11.8 Å². The first-order valence-corrected chi connectivity index (χ1v) is 6.21. The van der Waals surface area contributed by atoms with Gasteiger partial charge < -0.3 is 10.5 Å². The molecule has 3 aliphatic rings. The molecule has 0 aromatic carbocycles. The van der Waals surface area contributed by atoms with Crippen LogP contribution in [0.4, 0.5) is 0 Å². The third-order valence-electron chi connectivity index (χ3n) is 4.64. The van der Waals surface area contributed by atoms with E-state index < -0.39 is 0 Å². The van der Waals surface area contributed by atoms with Gasteiger partial charge in [-0.2, -0.15) is 0 Å². The maximum Gasteiger partial charge on any atom is 0.0593 e. The summed E-state index contributed by atoms with van der Waals surface area (Å²) in [7, 11) is 0. The molecule has 2 saturated carbocycles. The third-order valence-corrected chi connectivity index (χ3v) is 4.64. The molecule has 3 atom stereocenters. The van der Waals surface area contributed by atoms with Gasteiger partial charge >= 0.3 is 0 Å². The van der Waals surface area contributed by atoms with Gasteiger partial charge in [0.25, 0.3) is 0 Å². The highest BCUT2D eigenvalue weighted by atomic mass is 16.5. The van der Waals surface area contributed by atoms with Crippen LogP contribution in [0.3, 0.4) is 0 Å². The molecule has 3 rings (SSSR count). The number of hydrogen-bond acceptors (Lipinski definition) is 2. The molecule has 2 N–H and O–H groups in total. The average molecular weight is 195 g/mol. The molecule has 1 heterocycles. The molecule has 1 aliphatic heterocycles. The molecular weight excluding hydrogens is 174 g/mol. The Hall–Kier alpha value is -0.0800. The van der Waals surface area contributed by atoms with Crippen LogP contribution in [0.25, 0.3) is 0 Å². The van der Waals surface area contributed by atoms with Crippen molar-refractivity contribution in [3.63, 3.8) is 0 Å². The van der Waals surface area contributed by atoms with Gasteiger partial charge in [-0.3, -0.25) is 0 Å². The molecule has 0 bridgehead atoms. The van der Waals surface area contributed by atoms with Gasteiger partial charge in [0.1, 0.15) is 0 Å². The molecule has 2 aliphatic carbocycles. The predicted molar refractivity (Wildman–Crippen MR) is 56.0 cm³/mol. The molecule has 1 saturated heterocycles. The highest BCUT2D eigenvalue weighted by Crippen LogP contribution is 2.59. The summed E-state index contributed by atoms with van der Waals surface area (Å²) in [6.45, 7) is 0.968. The van der Waals surface area contributed by atoms with E-state index >= 15 is 0 Å². The molecule has 14 heavy (non-hydrogen) atoms. The lowest BCUT2D eigenvalue weighted by molar-refractivity contribution is 0.0931. The van der Waals surface area contributed by atoms with Crippen LogP contribution in [0.2, 0.25) is 0 Å². The first-order chi connectivity index (χ1) is 6.81. The molecular formula is C12H21NO. The van der Waals surface area contributed by atoms with Gasteiger partial charge in [0.15, 0.2) is 0 Å². The minimum absolute atomic E-state index is 0.186. The quantitative estimate of drug-likeness (QED) is 0.732. The van der Waals surface area contributed by atoms with E-state index in [-0.39, 0.29) is 5.54 Å². The molecule has 3 fully saturated rings. The summed E-state index contributed by atoms with van der Waals surface area (Å²) in [5.41, 5.74) is 6.68. The van der Waals surface area contributed by atoms with Gasteiger partial charge in [-0.25, -0.2) is 0 Å². The van der Waals surface area contributed by atoms with E-state index in [0.29, 0.717) is 6.10 Å². The van der Waals surface area contributed by atoms with E-state index in [1.54, 1.807) is 0 Å². The number of rotatable bonds is 2. The standard InChI is InChI=1S/C12H21NO/c13-12(8-9-4-3-7-14-9)10-5-1-2-6-11(10)12/h9-11H,1-8,13H2. The van der Waals surface area contributed by atoms with Crippen LogP contribution in [0.15, 0.2) is 0 Å². The fraction of sp³-hybridized carbons (Fsp3) is 1.00. The number of ether oxygens (including phenoxy) is 1. The Kier molecular flexibility index (Phi) is 2.10. The van der Waals surface area contributed by atoms with Crippen molar-refractivity contribution in [1.29, 1.82) is 0 Å². The fourth-order valence-corrected chi connectivity index (χ4v) is 3.80. The molecule has 2 nitrogen and oxygen atoms in total. The summed E-state index contributed by atoms with van der Waals surface area (Å²) in [6.07, 6.45) is 9.71. The van der Waals surface area contributed by atoms with E-state index in [0.717, 1.165) is 24.9 Å². The molecule has 0 aromatic rings. The molecule has 0 spiro atoms. The Morgan fingerprint density at radius 1 is 1.07 bits per heavy atom. The van der Waals surface area contributed by atoms with Crippen molar-refractivity contribution in [3.8, 4) is 0 Å². The summed E-state index contributed by atoms with van der Waals surface area (Å²) in [4.78, 5) is 0. The third kappa shape index (κ3) is 1.31. The monoisotopic (exact) mass is 195 g/mol. The van der Waals surface area contributed by atoms with Crippen LogP contribution in [-0.2, 0) is 4.74 Å². The molecule has 0 aromatic heterocycles. The average Bonchev–Trinajstić information content (AvgIpc) is 2.62. The van der Waals surface area contributed by atoms with E-state index in [1.807, 2.05) is 0 Å². The lowest BCUT2D eigenvalue weighted by atomic mass is 10.0. The highest BCUT2D eigenvalue weighted by molar-refractivity contribution is 5.17. The van der Waals surface area contributed by atoms with Crippen molar-refractivity contribution in [3.05, 3.63) is 0 Å². The molecule has 80 valence electrons. The predicted octanol–water partition coefficient (Wildman–Crippen LogP) is 2.07. The van der Waals surface area contributed by atoms with Crippen molar-refractivity contribution in [2.75, 3.05) is 6.61 Å². The first kappa shape index (κ1) is 9.17. The van der Waals surface area contributed by atoms with Gasteiger partial charge in [0, 0.05) is 12.1 Å². The van der Waals surface area contributed by atoms with Crippen LogP contribution >= 0.6 is 0 Å². The number of nitrogens with two attached hydrogens (primary N) is 1. The van der Waals surface area contributed by atoms with Crippen molar-refractivity contribution in [2.24, 2.45) is 17.6 Å². The Balaban J connectivity index is 1.61. The number of hydrogen-bond donors (Lipinski definition) is 1. The van der Waals surface area contributed by atoms with Gasteiger partial charge in [-0.15, -0.1) is 0 Å². The maximum atomic E-state index is 6.50. The summed E-state index contributed by atoms with van der Waals surface area (Å²) >= 11 is 0. The van der Waals surface area contributed by atoms with E-state index in [2.05, 4.69) is 0 Å². The van der Waals surface area contributed by atoms with E-state index in [1.165, 1.54) is 38.5 Å². The smallest absolute Gasteiger partial charge is 0.0593 e. The minimum Gasteiger partial charge on any atom is -0.378 e. The Morgan fingerprint density at radius 3 is 2.36 bits per heavy atom. The second-order valence-electron chi connectivity index (χ2n) is 5.45. The summed E-state index contributed by atoms with van der Waals surface area (Å²) in [5, 5.41) is 0. The molecule has 3 unspecified atom stereocenters. The fourth-order valence-electron chi connectivity index (χ4n) is 3.80. The molecule has 0 amide bonds. The van der Waals surface area contributed by atoms with Gasteiger partial charge in [0.05, 0.1) is 6.10 Å². The van der Waals surface area contributed by atoms with Crippen molar-refractivity contribution >= 4 is 0 Å². The second-order valence-corrected chi connectivity index (χ2v) is 5.45. The summed E-state index contributed by atoms with van der Waals surface area (Å²) in [5.74, 6) is 1.70. The maximum absolute atomic E-state index is 6.50. The lowest BCUT2D eigenvalue weighted by Crippen LogP contribution is -2.31. The second kappa shape index (κ2) is 3.21. The van der Waals surface area contributed by atoms with Crippen molar-refractivity contribution in [2.45, 2.75) is 56.6 Å². The van der Waals surface area contributed by atoms with Crippen molar-refractivity contribution in [1.82, 2.24) is 0 Å². The lowest BCUT2D eigenvalue weighted by Gasteiger charge is -2.16. The van der Waals surface area contributed by atoms with Crippen LogP contribution in [0.5, 0.6) is 0 Å². The van der Waals surface area contributed by atoms with Crippen LogP contribution in [-0.4, -0.2) is 18.2 Å². The van der Waals surface area contributed by atoms with Gasteiger partial charge in [-0.1, -0.05) is 12.8 Å². The summed E-state index contributed by atoms with van der Waals surface area (Å²) < 4.78 is 5.70. The van der Waals surface area contributed by atoms with E-state index in [9.17, 15) is 0 Å². The molecule has 0 radical (unpaired) electrons. The topological polar surface area (TPSA) is 35.2 Å². The Labute approximate surface area is 86.2 Å². The first-order valence-electron chi connectivity index (χ1n) is 6.21. The minimum atomic E-state index is 0.186. The van der Waals surface area contributed by atoms with Gasteiger partial charge in [-0.05, 0) is 43.9 Å². The SMILES string of the molecule is NC1(CC2CCCO2)C2CCCCC21. The van der Waals surface area contributed by atoms with Crippen LogP contribution in [0.1, 0.15) is 44.9 Å². The zero-order valence-corrected chi connectivity index (χ0v) is 8.87. The Morgan fingerprint density at radius 2 is 1.79 bits per heavy atom. The van der Waals surface area contributed by atoms with Crippen LogP contribution < -0.4 is 5.73 Å². The van der Waals surface area contributed by atoms with Crippen molar-refractivity contribution < 1.29 is 4.74 Å². The largest absolute Gasteiger partial charge is 0.378 e. The zero-order valence-electron chi connectivity index (χ0n) is 8.87. The van der Waals surface area contributed by atoms with E-state index in [4.69, 9.17) is 10.5 Å². The normalized spacial score (nSPS) is 51.6.